The van der Waals surface area contributed by atoms with Crippen molar-refractivity contribution in [1.29, 1.82) is 0 Å². The lowest BCUT2D eigenvalue weighted by atomic mass is 10.0. The number of aryl methyl sites for hydroxylation is 1. The van der Waals surface area contributed by atoms with Crippen molar-refractivity contribution in [3.05, 3.63) is 51.2 Å². The number of nitrogens with one attached hydrogen (secondary N) is 1. The van der Waals surface area contributed by atoms with Gasteiger partial charge in [-0.05, 0) is 42.9 Å². The Morgan fingerprint density at radius 2 is 2.15 bits per heavy atom. The van der Waals surface area contributed by atoms with Crippen LogP contribution in [0.25, 0.3) is 16.7 Å². The van der Waals surface area contributed by atoms with Crippen molar-refractivity contribution >= 4 is 11.0 Å². The van der Waals surface area contributed by atoms with Crippen molar-refractivity contribution < 1.29 is 13.5 Å². The van der Waals surface area contributed by atoms with Crippen LogP contribution in [0.5, 0.6) is 0 Å². The summed E-state index contributed by atoms with van der Waals surface area (Å²) < 4.78 is 33.7. The highest BCUT2D eigenvalue weighted by Gasteiger charge is 2.27. The number of aromatic nitrogens is 4. The van der Waals surface area contributed by atoms with E-state index in [0.717, 1.165) is 18.4 Å². The van der Waals surface area contributed by atoms with Gasteiger partial charge in [0, 0.05) is 18.9 Å². The second-order valence-corrected chi connectivity index (χ2v) is 6.61. The van der Waals surface area contributed by atoms with Crippen LogP contribution < -0.4 is 5.56 Å². The maximum Gasteiger partial charge on any atom is 0.265 e. The van der Waals surface area contributed by atoms with Gasteiger partial charge in [0.05, 0.1) is 5.69 Å². The quantitative estimate of drug-likeness (QED) is 0.757. The first-order valence-corrected chi connectivity index (χ1v) is 8.38. The Labute approximate surface area is 147 Å². The molecule has 0 aliphatic heterocycles. The van der Waals surface area contributed by atoms with E-state index in [2.05, 4.69) is 15.1 Å². The van der Waals surface area contributed by atoms with E-state index in [1.54, 1.807) is 13.0 Å². The first kappa shape index (κ1) is 16.8. The van der Waals surface area contributed by atoms with Gasteiger partial charge in [0.15, 0.2) is 5.65 Å². The minimum Gasteiger partial charge on any atom is -0.377 e. The molecule has 0 spiro atoms. The highest BCUT2D eigenvalue weighted by atomic mass is 19.3. The predicted molar refractivity (Wildman–Crippen MR) is 91.9 cm³/mol. The Kier molecular flexibility index (Phi) is 4.07. The molecule has 0 atom stereocenters. The number of rotatable bonds is 5. The molecule has 0 unspecified atom stereocenters. The zero-order valence-electron chi connectivity index (χ0n) is 14.4. The van der Waals surface area contributed by atoms with Crippen molar-refractivity contribution in [2.75, 3.05) is 7.11 Å². The highest BCUT2D eigenvalue weighted by molar-refractivity contribution is 5.73. The lowest BCUT2D eigenvalue weighted by Crippen LogP contribution is -2.11. The summed E-state index contributed by atoms with van der Waals surface area (Å²) in [5.41, 5.74) is 1.69. The topological polar surface area (TPSA) is 72.8 Å². The third kappa shape index (κ3) is 2.90. The maximum absolute atomic E-state index is 13.7. The minimum absolute atomic E-state index is 0.0757. The van der Waals surface area contributed by atoms with Crippen LogP contribution in [0.1, 0.15) is 47.7 Å². The molecule has 0 bridgehead atoms. The van der Waals surface area contributed by atoms with Gasteiger partial charge in [0.1, 0.15) is 17.8 Å². The summed E-state index contributed by atoms with van der Waals surface area (Å²) in [6.07, 6.45) is 0.886. The number of fused-ring (bicyclic) bond motifs is 1. The molecule has 8 heteroatoms. The first-order valence-electron chi connectivity index (χ1n) is 8.38. The van der Waals surface area contributed by atoms with Crippen LogP contribution in [0.15, 0.2) is 23.1 Å². The zero-order chi connectivity index (χ0) is 18.4. The number of halogens is 2. The van der Waals surface area contributed by atoms with Crippen molar-refractivity contribution in [1.82, 2.24) is 19.7 Å². The van der Waals surface area contributed by atoms with Gasteiger partial charge >= 0.3 is 0 Å². The highest BCUT2D eigenvalue weighted by Crippen LogP contribution is 2.43. The maximum atomic E-state index is 13.7. The Morgan fingerprint density at radius 1 is 1.38 bits per heavy atom. The Balaban J connectivity index is 1.89. The molecular formula is C18H18F2N4O2. The molecule has 1 aliphatic carbocycles. The molecule has 0 amide bonds. The second-order valence-electron chi connectivity index (χ2n) is 6.61. The van der Waals surface area contributed by atoms with E-state index in [-0.39, 0.29) is 28.8 Å². The molecule has 136 valence electrons. The molecule has 6 nitrogen and oxygen atoms in total. The number of ether oxygens (including phenoxy) is 1. The number of H-pyrrole nitrogens is 1. The molecule has 4 rings (SSSR count). The van der Waals surface area contributed by atoms with Crippen molar-refractivity contribution in [2.45, 2.75) is 38.7 Å². The SMILES string of the molecule is COCc1nc2nn(-c3c(C)cc(C4CC4)cc3C(F)F)cc2c(=O)[nH]1. The first-order chi connectivity index (χ1) is 12.5. The molecule has 1 N–H and O–H groups in total. The summed E-state index contributed by atoms with van der Waals surface area (Å²) in [6.45, 7) is 1.92. The van der Waals surface area contributed by atoms with Crippen LogP contribution in [0.2, 0.25) is 0 Å². The van der Waals surface area contributed by atoms with E-state index in [0.29, 0.717) is 23.0 Å². The molecule has 1 saturated carbocycles. The van der Waals surface area contributed by atoms with Crippen LogP contribution in [-0.2, 0) is 11.3 Å². The number of aromatic amines is 1. The summed E-state index contributed by atoms with van der Waals surface area (Å²) in [5.74, 6) is 0.711. The average Bonchev–Trinajstić information content (AvgIpc) is 3.34. The van der Waals surface area contributed by atoms with Gasteiger partial charge in [-0.3, -0.25) is 4.79 Å². The van der Waals surface area contributed by atoms with Gasteiger partial charge in [-0.2, -0.15) is 0 Å². The Bertz CT molecular complexity index is 1040. The number of nitrogens with zero attached hydrogens (tertiary/aromatic N) is 3. The van der Waals surface area contributed by atoms with E-state index in [1.165, 1.54) is 18.0 Å². The summed E-state index contributed by atoms with van der Waals surface area (Å²) >= 11 is 0. The van der Waals surface area contributed by atoms with Gasteiger partial charge in [-0.1, -0.05) is 6.07 Å². The summed E-state index contributed by atoms with van der Waals surface area (Å²) in [7, 11) is 1.49. The largest absolute Gasteiger partial charge is 0.377 e. The molecule has 2 heterocycles. The lowest BCUT2D eigenvalue weighted by molar-refractivity contribution is 0.151. The second kappa shape index (κ2) is 6.28. The molecule has 1 aliphatic rings. The van der Waals surface area contributed by atoms with Crippen LogP contribution in [0, 0.1) is 6.92 Å². The van der Waals surface area contributed by atoms with Crippen LogP contribution in [0.4, 0.5) is 8.78 Å². The molecular weight excluding hydrogens is 342 g/mol. The lowest BCUT2D eigenvalue weighted by Gasteiger charge is -2.14. The summed E-state index contributed by atoms with van der Waals surface area (Å²) in [6, 6.07) is 3.49. The molecule has 26 heavy (non-hydrogen) atoms. The van der Waals surface area contributed by atoms with Gasteiger partial charge in [-0.25, -0.2) is 18.4 Å². The Hall–Kier alpha value is -2.61. The molecule has 1 aromatic carbocycles. The Morgan fingerprint density at radius 3 is 2.81 bits per heavy atom. The number of alkyl halides is 2. The summed E-state index contributed by atoms with van der Waals surface area (Å²) in [4.78, 5) is 19.1. The van der Waals surface area contributed by atoms with Crippen LogP contribution in [0.3, 0.4) is 0 Å². The van der Waals surface area contributed by atoms with Crippen LogP contribution >= 0.6 is 0 Å². The van der Waals surface area contributed by atoms with Crippen molar-refractivity contribution in [3.63, 3.8) is 0 Å². The molecule has 0 radical (unpaired) electrons. The molecule has 2 aromatic heterocycles. The molecule has 0 saturated heterocycles. The van der Waals surface area contributed by atoms with Crippen molar-refractivity contribution in [2.24, 2.45) is 0 Å². The number of hydrogen-bond donors (Lipinski definition) is 1. The van der Waals surface area contributed by atoms with E-state index in [1.807, 2.05) is 6.07 Å². The zero-order valence-corrected chi connectivity index (χ0v) is 14.4. The van der Waals surface area contributed by atoms with E-state index >= 15 is 0 Å². The smallest absolute Gasteiger partial charge is 0.265 e. The van der Waals surface area contributed by atoms with E-state index in [9.17, 15) is 13.6 Å². The molecule has 3 aromatic rings. The van der Waals surface area contributed by atoms with Crippen molar-refractivity contribution in [3.8, 4) is 5.69 Å². The normalized spacial score (nSPS) is 14.5. The van der Waals surface area contributed by atoms with Gasteiger partial charge in [-0.15, -0.1) is 5.10 Å². The minimum atomic E-state index is -2.63. The van der Waals surface area contributed by atoms with Gasteiger partial charge in [0.25, 0.3) is 12.0 Å². The fourth-order valence-corrected chi connectivity index (χ4v) is 3.25. The number of benzene rings is 1. The van der Waals surface area contributed by atoms with Gasteiger partial charge < -0.3 is 9.72 Å². The average molecular weight is 360 g/mol. The van der Waals surface area contributed by atoms with E-state index in [4.69, 9.17) is 4.74 Å². The summed E-state index contributed by atoms with van der Waals surface area (Å²) in [5, 5.41) is 4.52. The number of hydrogen-bond acceptors (Lipinski definition) is 4. The standard InChI is InChI=1S/C18H18F2N4O2/c1-9-5-11(10-3-4-10)6-12(16(19)20)15(9)24-7-13-17(23-24)21-14(8-26-2)22-18(13)25/h5-7,10,16H,3-4,8H2,1-2H3,(H,21,22,23,25). The monoisotopic (exact) mass is 360 g/mol. The van der Waals surface area contributed by atoms with Crippen LogP contribution in [-0.4, -0.2) is 26.9 Å². The number of methoxy groups -OCH3 is 1. The fraction of sp³-hybridized carbons (Fsp3) is 0.389. The fourth-order valence-electron chi connectivity index (χ4n) is 3.25. The van der Waals surface area contributed by atoms with Gasteiger partial charge in [0.2, 0.25) is 0 Å². The van der Waals surface area contributed by atoms with E-state index < -0.39 is 6.43 Å². The predicted octanol–water partition coefficient (Wildman–Crippen LogP) is 3.38. The third-order valence-corrected chi connectivity index (χ3v) is 4.58. The third-order valence-electron chi connectivity index (χ3n) is 4.58. The molecule has 1 fully saturated rings.